The first kappa shape index (κ1) is 15.4. The third-order valence-electron chi connectivity index (χ3n) is 5.24. The molecule has 2 unspecified atom stereocenters. The summed E-state index contributed by atoms with van der Waals surface area (Å²) in [7, 11) is 0. The Balaban J connectivity index is 0.000000686. The van der Waals surface area contributed by atoms with Crippen LogP contribution in [0.4, 0.5) is 0 Å². The molecule has 2 atom stereocenters. The molecule has 1 heteroatoms. The molecule has 2 aliphatic rings. The van der Waals surface area contributed by atoms with Gasteiger partial charge in [0.05, 0.1) is 0 Å². The smallest absolute Gasteiger partial charge is 0.0183 e. The Morgan fingerprint density at radius 2 is 1.41 bits per heavy atom. The SMILES string of the molecule is CC.CC(C)(C)C(C)(S)C1CC12CCCCC2. The first-order valence-corrected chi connectivity index (χ1v) is 7.97. The summed E-state index contributed by atoms with van der Waals surface area (Å²) in [4.78, 5) is 0. The molecule has 0 bridgehead atoms. The van der Waals surface area contributed by atoms with E-state index in [2.05, 4.69) is 27.7 Å². The lowest BCUT2D eigenvalue weighted by Gasteiger charge is -2.41. The van der Waals surface area contributed by atoms with E-state index in [-0.39, 0.29) is 4.75 Å². The van der Waals surface area contributed by atoms with E-state index in [1.54, 1.807) is 0 Å². The molecule has 0 aliphatic heterocycles. The van der Waals surface area contributed by atoms with Gasteiger partial charge in [-0.2, -0.15) is 12.6 Å². The molecule has 0 heterocycles. The standard InChI is InChI=1S/C14H26S.C2H6/c1-12(2,3)13(4,15)11-10-14(11)8-6-5-7-9-14;1-2/h11,15H,5-10H2,1-4H3;1-2H3. The number of hydrogen-bond donors (Lipinski definition) is 1. The van der Waals surface area contributed by atoms with Crippen LogP contribution >= 0.6 is 12.6 Å². The molecule has 0 amide bonds. The molecule has 1 spiro atoms. The van der Waals surface area contributed by atoms with Gasteiger partial charge in [-0.25, -0.2) is 0 Å². The van der Waals surface area contributed by atoms with Crippen molar-refractivity contribution in [2.24, 2.45) is 16.7 Å². The molecular weight excluding hydrogens is 224 g/mol. The highest BCUT2D eigenvalue weighted by atomic mass is 32.1. The van der Waals surface area contributed by atoms with Gasteiger partial charge in [-0.1, -0.05) is 53.9 Å². The third-order valence-corrected chi connectivity index (χ3v) is 6.22. The van der Waals surface area contributed by atoms with Crippen molar-refractivity contribution in [1.29, 1.82) is 0 Å². The summed E-state index contributed by atoms with van der Waals surface area (Å²) in [5.74, 6) is 0.869. The van der Waals surface area contributed by atoms with Gasteiger partial charge in [-0.15, -0.1) is 0 Å². The Labute approximate surface area is 114 Å². The summed E-state index contributed by atoms with van der Waals surface area (Å²) in [6.45, 7) is 13.4. The van der Waals surface area contributed by atoms with Crippen molar-refractivity contribution in [3.63, 3.8) is 0 Å². The van der Waals surface area contributed by atoms with Crippen molar-refractivity contribution >= 4 is 12.6 Å². The zero-order valence-electron chi connectivity index (χ0n) is 12.8. The Morgan fingerprint density at radius 3 is 1.82 bits per heavy atom. The normalized spacial score (nSPS) is 30.2. The molecule has 2 rings (SSSR count). The molecule has 2 aliphatic carbocycles. The maximum atomic E-state index is 5.01. The first-order valence-electron chi connectivity index (χ1n) is 7.52. The average molecular weight is 256 g/mol. The highest BCUT2D eigenvalue weighted by molar-refractivity contribution is 7.81. The first-order chi connectivity index (χ1) is 7.80. The minimum Gasteiger partial charge on any atom is -0.172 e. The van der Waals surface area contributed by atoms with Crippen molar-refractivity contribution in [2.75, 3.05) is 0 Å². The molecule has 2 saturated carbocycles. The molecule has 102 valence electrons. The van der Waals surface area contributed by atoms with Gasteiger partial charge < -0.3 is 0 Å². The molecular formula is C16H32S. The van der Waals surface area contributed by atoms with Crippen LogP contribution in [0.3, 0.4) is 0 Å². The molecule has 2 fully saturated rings. The van der Waals surface area contributed by atoms with Crippen LogP contribution in [-0.2, 0) is 0 Å². The van der Waals surface area contributed by atoms with Crippen LogP contribution in [0.2, 0.25) is 0 Å². The number of thiol groups is 1. The van der Waals surface area contributed by atoms with E-state index in [4.69, 9.17) is 12.6 Å². The lowest BCUT2D eigenvalue weighted by Crippen LogP contribution is -2.38. The Morgan fingerprint density at radius 1 is 0.941 bits per heavy atom. The van der Waals surface area contributed by atoms with E-state index in [1.807, 2.05) is 13.8 Å². The predicted octanol–water partition coefficient (Wildman–Crippen LogP) is 5.72. The summed E-state index contributed by atoms with van der Waals surface area (Å²) in [6, 6.07) is 0. The van der Waals surface area contributed by atoms with Gasteiger partial charge in [0.15, 0.2) is 0 Å². The van der Waals surface area contributed by atoms with E-state index >= 15 is 0 Å². The zero-order chi connectivity index (χ0) is 13.3. The zero-order valence-corrected chi connectivity index (χ0v) is 13.7. The van der Waals surface area contributed by atoms with E-state index in [1.165, 1.54) is 38.5 Å². The van der Waals surface area contributed by atoms with Crippen LogP contribution in [-0.4, -0.2) is 4.75 Å². The monoisotopic (exact) mass is 256 g/mol. The van der Waals surface area contributed by atoms with Crippen molar-refractivity contribution in [1.82, 2.24) is 0 Å². The summed E-state index contributed by atoms with van der Waals surface area (Å²) < 4.78 is 0.213. The second kappa shape index (κ2) is 5.15. The highest BCUT2D eigenvalue weighted by Crippen LogP contribution is 2.69. The molecule has 17 heavy (non-hydrogen) atoms. The quantitative estimate of drug-likeness (QED) is 0.570. The second-order valence-electron chi connectivity index (χ2n) is 7.08. The van der Waals surface area contributed by atoms with Gasteiger partial charge >= 0.3 is 0 Å². The Hall–Kier alpha value is 0.350. The Kier molecular flexibility index (Phi) is 4.67. The molecule has 0 aromatic carbocycles. The van der Waals surface area contributed by atoms with Crippen molar-refractivity contribution < 1.29 is 0 Å². The average Bonchev–Trinajstić information content (AvgIpc) is 2.95. The van der Waals surface area contributed by atoms with E-state index in [9.17, 15) is 0 Å². The summed E-state index contributed by atoms with van der Waals surface area (Å²) in [5, 5.41) is 0. The topological polar surface area (TPSA) is 0 Å². The molecule has 0 nitrogen and oxygen atoms in total. The minimum absolute atomic E-state index is 0.213. The van der Waals surface area contributed by atoms with E-state index in [0.717, 1.165) is 5.92 Å². The molecule has 0 N–H and O–H groups in total. The van der Waals surface area contributed by atoms with Gasteiger partial charge in [0.2, 0.25) is 0 Å². The highest BCUT2D eigenvalue weighted by Gasteiger charge is 2.62. The van der Waals surface area contributed by atoms with Gasteiger partial charge in [0.25, 0.3) is 0 Å². The summed E-state index contributed by atoms with van der Waals surface area (Å²) in [6.07, 6.45) is 8.79. The van der Waals surface area contributed by atoms with Crippen LogP contribution in [0.15, 0.2) is 0 Å². The predicted molar refractivity (Wildman–Crippen MR) is 81.8 cm³/mol. The van der Waals surface area contributed by atoms with Crippen LogP contribution < -0.4 is 0 Å². The second-order valence-corrected chi connectivity index (χ2v) is 8.01. The fourth-order valence-corrected chi connectivity index (χ4v) is 3.84. The van der Waals surface area contributed by atoms with Crippen molar-refractivity contribution in [3.8, 4) is 0 Å². The minimum atomic E-state index is 0.213. The lowest BCUT2D eigenvalue weighted by molar-refractivity contribution is 0.213. The summed E-state index contributed by atoms with van der Waals surface area (Å²) >= 11 is 5.01. The molecule has 0 saturated heterocycles. The molecule has 0 radical (unpaired) electrons. The maximum absolute atomic E-state index is 5.01. The van der Waals surface area contributed by atoms with E-state index in [0.29, 0.717) is 10.8 Å². The largest absolute Gasteiger partial charge is 0.172 e. The van der Waals surface area contributed by atoms with Crippen molar-refractivity contribution in [2.45, 2.75) is 84.8 Å². The Bertz CT molecular complexity index is 241. The number of rotatable bonds is 1. The van der Waals surface area contributed by atoms with E-state index < -0.39 is 0 Å². The van der Waals surface area contributed by atoms with Gasteiger partial charge in [0, 0.05) is 4.75 Å². The number of hydrogen-bond acceptors (Lipinski definition) is 1. The van der Waals surface area contributed by atoms with Gasteiger partial charge in [0.1, 0.15) is 0 Å². The molecule has 0 aromatic heterocycles. The van der Waals surface area contributed by atoms with Crippen molar-refractivity contribution in [3.05, 3.63) is 0 Å². The van der Waals surface area contributed by atoms with Gasteiger partial charge in [-0.3, -0.25) is 0 Å². The molecule has 0 aromatic rings. The fourth-order valence-electron chi connectivity index (χ4n) is 3.47. The van der Waals surface area contributed by atoms with Crippen LogP contribution in [0, 0.1) is 16.7 Å². The third kappa shape index (κ3) is 2.85. The fraction of sp³-hybridized carbons (Fsp3) is 1.00. The summed E-state index contributed by atoms with van der Waals surface area (Å²) in [5.41, 5.74) is 1.03. The lowest BCUT2D eigenvalue weighted by atomic mass is 9.73. The maximum Gasteiger partial charge on any atom is 0.0183 e. The van der Waals surface area contributed by atoms with Crippen LogP contribution in [0.5, 0.6) is 0 Å². The van der Waals surface area contributed by atoms with Crippen LogP contribution in [0.1, 0.15) is 80.1 Å². The van der Waals surface area contributed by atoms with Crippen LogP contribution in [0.25, 0.3) is 0 Å². The van der Waals surface area contributed by atoms with Gasteiger partial charge in [-0.05, 0) is 42.9 Å².